The molecule has 2 rings (SSSR count). The zero-order valence-corrected chi connectivity index (χ0v) is 37.7. The van der Waals surface area contributed by atoms with E-state index >= 15 is 0 Å². The standard InChI is InChI=1S/C42H84N2O2Si2/c1-39(2,3)31-23-19-24-32(40(4,5)6)37(31)43-35(27-21-29-45-47(13,14)15)36(28-22-30-46-48(16,17)18)44-38-33(41(7,8)9)25-20-26-34(38)42(10,11)12/h31-34,37-38H,19-30H2,1-18H3. The minimum Gasteiger partial charge on any atom is -0.418 e. The smallest absolute Gasteiger partial charge is 0.183 e. The lowest BCUT2D eigenvalue weighted by molar-refractivity contribution is 0.0562. The average Bonchev–Trinajstić information content (AvgIpc) is 2.88. The van der Waals surface area contributed by atoms with Crippen LogP contribution in [0.15, 0.2) is 9.98 Å². The third-order valence-electron chi connectivity index (χ3n) is 11.3. The van der Waals surface area contributed by atoms with Gasteiger partial charge in [-0.25, -0.2) is 0 Å². The van der Waals surface area contributed by atoms with E-state index in [2.05, 4.69) is 122 Å². The maximum Gasteiger partial charge on any atom is 0.183 e. The van der Waals surface area contributed by atoms with Crippen LogP contribution in [0.1, 0.15) is 147 Å². The second-order valence-corrected chi connectivity index (χ2v) is 31.0. The van der Waals surface area contributed by atoms with Crippen LogP contribution in [0.2, 0.25) is 39.3 Å². The molecule has 48 heavy (non-hydrogen) atoms. The van der Waals surface area contributed by atoms with Crippen LogP contribution in [0.3, 0.4) is 0 Å². The fourth-order valence-electron chi connectivity index (χ4n) is 8.66. The Labute approximate surface area is 303 Å². The summed E-state index contributed by atoms with van der Waals surface area (Å²) in [5.74, 6) is 2.28. The molecule has 0 N–H and O–H groups in total. The summed E-state index contributed by atoms with van der Waals surface area (Å²) in [4.78, 5) is 12.1. The lowest BCUT2D eigenvalue weighted by Crippen LogP contribution is -2.46. The highest BCUT2D eigenvalue weighted by Gasteiger charge is 2.46. The highest BCUT2D eigenvalue weighted by Crippen LogP contribution is 2.50. The van der Waals surface area contributed by atoms with Crippen LogP contribution in [-0.2, 0) is 8.85 Å². The molecule has 0 aromatic heterocycles. The highest BCUT2D eigenvalue weighted by atomic mass is 28.4. The largest absolute Gasteiger partial charge is 0.418 e. The predicted octanol–water partition coefficient (Wildman–Crippen LogP) is 12.9. The molecule has 2 fully saturated rings. The molecule has 2 saturated carbocycles. The van der Waals surface area contributed by atoms with E-state index in [-0.39, 0.29) is 21.7 Å². The third-order valence-corrected chi connectivity index (χ3v) is 13.4. The molecule has 282 valence electrons. The van der Waals surface area contributed by atoms with Crippen LogP contribution in [-0.4, -0.2) is 53.4 Å². The molecule has 6 heteroatoms. The molecule has 0 saturated heterocycles. The second-order valence-electron chi connectivity index (χ2n) is 22.0. The fourth-order valence-corrected chi connectivity index (χ4v) is 10.2. The van der Waals surface area contributed by atoms with E-state index < -0.39 is 16.6 Å². The Bertz CT molecular complexity index is 912. The number of rotatable bonds is 13. The first kappa shape index (κ1) is 43.9. The topological polar surface area (TPSA) is 43.2 Å². The Hall–Kier alpha value is -0.306. The predicted molar refractivity (Wildman–Crippen MR) is 219 cm³/mol. The summed E-state index contributed by atoms with van der Waals surface area (Å²) in [6.45, 7) is 45.0. The summed E-state index contributed by atoms with van der Waals surface area (Å²) in [6, 6.07) is 0.636. The monoisotopic (exact) mass is 705 g/mol. The quantitative estimate of drug-likeness (QED) is 0.109. The Morgan fingerprint density at radius 1 is 0.479 bits per heavy atom. The van der Waals surface area contributed by atoms with Crippen molar-refractivity contribution in [2.75, 3.05) is 13.2 Å². The SMILES string of the molecule is CC(C)(C)C1CCCC(C(C)(C)C)C1N=C(CCCO[Si](C)(C)C)C(CCCO[Si](C)(C)C)=NC1C(C(C)(C)C)CCCC1C(C)(C)C. The van der Waals surface area contributed by atoms with Crippen LogP contribution < -0.4 is 0 Å². The van der Waals surface area contributed by atoms with Crippen molar-refractivity contribution in [1.82, 2.24) is 0 Å². The molecular formula is C42H84N2O2Si2. The summed E-state index contributed by atoms with van der Waals surface area (Å²) >= 11 is 0. The van der Waals surface area contributed by atoms with E-state index in [9.17, 15) is 0 Å². The van der Waals surface area contributed by atoms with Gasteiger partial charge in [-0.15, -0.1) is 0 Å². The normalized spacial score (nSPS) is 27.8. The van der Waals surface area contributed by atoms with Crippen LogP contribution in [0.5, 0.6) is 0 Å². The molecule has 0 aliphatic heterocycles. The van der Waals surface area contributed by atoms with Gasteiger partial charge in [-0.3, -0.25) is 9.98 Å². The van der Waals surface area contributed by atoms with Gasteiger partial charge in [0.15, 0.2) is 16.6 Å². The Kier molecular flexibility index (Phi) is 15.5. The molecule has 0 aromatic carbocycles. The molecule has 2 aliphatic rings. The molecule has 0 amide bonds. The molecule has 0 spiro atoms. The summed E-state index contributed by atoms with van der Waals surface area (Å²) in [5.41, 5.74) is 3.44. The van der Waals surface area contributed by atoms with E-state index in [0.717, 1.165) is 38.9 Å². The molecule has 2 aliphatic carbocycles. The van der Waals surface area contributed by atoms with Crippen molar-refractivity contribution >= 4 is 28.1 Å². The van der Waals surface area contributed by atoms with Crippen LogP contribution in [0.25, 0.3) is 0 Å². The third kappa shape index (κ3) is 14.4. The molecule has 4 unspecified atom stereocenters. The minimum atomic E-state index is -1.59. The molecular weight excluding hydrogens is 621 g/mol. The van der Waals surface area contributed by atoms with Gasteiger partial charge in [-0.05, 0) is 136 Å². The van der Waals surface area contributed by atoms with Gasteiger partial charge in [-0.2, -0.15) is 0 Å². The molecule has 0 heterocycles. The second kappa shape index (κ2) is 17.0. The van der Waals surface area contributed by atoms with Gasteiger partial charge in [0.1, 0.15) is 0 Å². The van der Waals surface area contributed by atoms with Crippen LogP contribution >= 0.6 is 0 Å². The van der Waals surface area contributed by atoms with Crippen molar-refractivity contribution in [3.05, 3.63) is 0 Å². The molecule has 0 bridgehead atoms. The first-order valence-electron chi connectivity index (χ1n) is 20.0. The Morgan fingerprint density at radius 3 is 0.938 bits per heavy atom. The fraction of sp³-hybridized carbons (Fsp3) is 0.952. The molecule has 4 nitrogen and oxygen atoms in total. The Balaban J connectivity index is 2.81. The van der Waals surface area contributed by atoms with Crippen molar-refractivity contribution in [3.8, 4) is 0 Å². The minimum absolute atomic E-state index is 0.213. The summed E-state index contributed by atoms with van der Waals surface area (Å²) in [6.07, 6.45) is 11.6. The maximum absolute atomic E-state index is 6.44. The number of hydrogen-bond donors (Lipinski definition) is 0. The van der Waals surface area contributed by atoms with Crippen molar-refractivity contribution in [3.63, 3.8) is 0 Å². The van der Waals surface area contributed by atoms with Crippen molar-refractivity contribution in [1.29, 1.82) is 0 Å². The van der Waals surface area contributed by atoms with E-state index in [4.69, 9.17) is 18.8 Å². The van der Waals surface area contributed by atoms with Crippen molar-refractivity contribution in [2.24, 2.45) is 55.3 Å². The average molecular weight is 705 g/mol. The summed E-state index contributed by atoms with van der Waals surface area (Å²) in [7, 11) is -3.19. The van der Waals surface area contributed by atoms with Gasteiger partial charge in [0.2, 0.25) is 0 Å². The lowest BCUT2D eigenvalue weighted by Gasteiger charge is -2.48. The molecule has 0 aromatic rings. The number of nitrogens with zero attached hydrogens (tertiary/aromatic N) is 2. The summed E-state index contributed by atoms with van der Waals surface area (Å²) in [5, 5.41) is 0. The zero-order chi connectivity index (χ0) is 36.9. The van der Waals surface area contributed by atoms with E-state index in [0.29, 0.717) is 35.8 Å². The van der Waals surface area contributed by atoms with Crippen molar-refractivity contribution < 1.29 is 8.85 Å². The first-order chi connectivity index (χ1) is 21.6. The van der Waals surface area contributed by atoms with Gasteiger partial charge in [-0.1, -0.05) is 95.9 Å². The number of aliphatic imine (C=N–C) groups is 2. The van der Waals surface area contributed by atoms with Crippen molar-refractivity contribution in [2.45, 2.75) is 199 Å². The van der Waals surface area contributed by atoms with Crippen LogP contribution in [0, 0.1) is 45.3 Å². The van der Waals surface area contributed by atoms with Gasteiger partial charge in [0, 0.05) is 13.2 Å². The van der Waals surface area contributed by atoms with Gasteiger partial charge >= 0.3 is 0 Å². The highest BCUT2D eigenvalue weighted by molar-refractivity contribution is 6.70. The van der Waals surface area contributed by atoms with E-state index in [1.807, 2.05) is 0 Å². The van der Waals surface area contributed by atoms with Gasteiger partial charge in [0.25, 0.3) is 0 Å². The zero-order valence-electron chi connectivity index (χ0n) is 35.7. The molecule has 0 radical (unpaired) electrons. The summed E-state index contributed by atoms with van der Waals surface area (Å²) < 4.78 is 12.9. The first-order valence-corrected chi connectivity index (χ1v) is 26.8. The lowest BCUT2D eigenvalue weighted by atomic mass is 9.60. The number of hydrogen-bond acceptors (Lipinski definition) is 4. The Morgan fingerprint density at radius 2 is 0.729 bits per heavy atom. The molecule has 4 atom stereocenters. The maximum atomic E-state index is 6.44. The van der Waals surface area contributed by atoms with Crippen LogP contribution in [0.4, 0.5) is 0 Å². The van der Waals surface area contributed by atoms with Gasteiger partial charge in [0.05, 0.1) is 23.5 Å². The van der Waals surface area contributed by atoms with Gasteiger partial charge < -0.3 is 8.85 Å². The van der Waals surface area contributed by atoms with E-state index in [1.165, 1.54) is 49.9 Å². The van der Waals surface area contributed by atoms with E-state index in [1.54, 1.807) is 0 Å².